The van der Waals surface area contributed by atoms with Gasteiger partial charge in [0.2, 0.25) is 5.91 Å². The molecule has 2 aliphatic rings. The maximum Gasteiger partial charge on any atom is 0.239 e. The summed E-state index contributed by atoms with van der Waals surface area (Å²) in [6.45, 7) is 9.53. The van der Waals surface area contributed by atoms with Crippen molar-refractivity contribution >= 4 is 30.7 Å². The third-order valence-corrected chi connectivity index (χ3v) is 3.95. The molecule has 0 aromatic rings. The van der Waals surface area contributed by atoms with Crippen molar-refractivity contribution in [3.8, 4) is 0 Å². The third-order valence-electron chi connectivity index (χ3n) is 3.95. The predicted octanol–water partition coefficient (Wildman–Crippen LogP) is 0.0438. The molecule has 0 radical (unpaired) electrons. The van der Waals surface area contributed by atoms with Gasteiger partial charge in [-0.2, -0.15) is 0 Å². The number of nitrogens with one attached hydrogen (secondary N) is 2. The van der Waals surface area contributed by atoms with Gasteiger partial charge in [-0.15, -0.1) is 24.8 Å². The van der Waals surface area contributed by atoms with Gasteiger partial charge in [0, 0.05) is 31.7 Å². The molecule has 2 aliphatic heterocycles. The van der Waals surface area contributed by atoms with E-state index in [1.54, 1.807) is 0 Å². The van der Waals surface area contributed by atoms with Crippen LogP contribution in [0.4, 0.5) is 0 Å². The maximum absolute atomic E-state index is 12.1. The summed E-state index contributed by atoms with van der Waals surface area (Å²) >= 11 is 0. The van der Waals surface area contributed by atoms with Crippen molar-refractivity contribution in [2.75, 3.05) is 46.1 Å². The Balaban J connectivity index is 0.00000200. The predicted molar refractivity (Wildman–Crippen MR) is 86.6 cm³/mol. The second kappa shape index (κ2) is 10.6. The summed E-state index contributed by atoms with van der Waals surface area (Å²) in [5, 5.41) is 6.25. The van der Waals surface area contributed by atoms with Gasteiger partial charge in [0.15, 0.2) is 0 Å². The van der Waals surface area contributed by atoms with E-state index in [0.29, 0.717) is 19.3 Å². The summed E-state index contributed by atoms with van der Waals surface area (Å²) in [5.74, 6) is 0.0345. The Bertz CT molecular complexity index is 298. The Morgan fingerprint density at radius 2 is 1.86 bits per heavy atom. The van der Waals surface area contributed by atoms with Gasteiger partial charge >= 0.3 is 0 Å². The molecule has 0 spiro atoms. The fourth-order valence-electron chi connectivity index (χ4n) is 2.48. The Kier molecular flexibility index (Phi) is 10.5. The van der Waals surface area contributed by atoms with Crippen LogP contribution >= 0.6 is 24.8 Å². The van der Waals surface area contributed by atoms with Gasteiger partial charge in [0.1, 0.15) is 6.04 Å². The summed E-state index contributed by atoms with van der Waals surface area (Å²) in [6, 6.07) is 0.222. The van der Waals surface area contributed by atoms with Crippen molar-refractivity contribution in [2.45, 2.75) is 32.0 Å². The van der Waals surface area contributed by atoms with Gasteiger partial charge in [-0.3, -0.25) is 9.69 Å². The van der Waals surface area contributed by atoms with Crippen LogP contribution in [0, 0.1) is 0 Å². The van der Waals surface area contributed by atoms with E-state index >= 15 is 0 Å². The molecule has 0 bridgehead atoms. The lowest BCUT2D eigenvalue weighted by Crippen LogP contribution is -2.57. The highest BCUT2D eigenvalue weighted by molar-refractivity contribution is 5.85. The molecule has 2 saturated heterocycles. The van der Waals surface area contributed by atoms with Crippen LogP contribution in [0.1, 0.15) is 13.8 Å². The van der Waals surface area contributed by atoms with Crippen LogP contribution in [0.3, 0.4) is 0 Å². The van der Waals surface area contributed by atoms with Gasteiger partial charge in [0.05, 0.1) is 26.4 Å². The highest BCUT2D eigenvalue weighted by atomic mass is 35.5. The Hall–Kier alpha value is -0.110. The number of ether oxygens (including phenoxy) is 2. The molecule has 2 rings (SSSR count). The van der Waals surface area contributed by atoms with Gasteiger partial charge in [-0.25, -0.2) is 0 Å². The number of hydrogen-bond donors (Lipinski definition) is 2. The van der Waals surface area contributed by atoms with Gasteiger partial charge in [0.25, 0.3) is 0 Å². The molecule has 2 heterocycles. The molecule has 6 nitrogen and oxygen atoms in total. The summed E-state index contributed by atoms with van der Waals surface area (Å²) in [4.78, 5) is 14.5. The lowest BCUT2D eigenvalue weighted by molar-refractivity contribution is -0.127. The number of hydrogen-bond acceptors (Lipinski definition) is 5. The molecule has 0 aliphatic carbocycles. The fourth-order valence-corrected chi connectivity index (χ4v) is 2.48. The van der Waals surface area contributed by atoms with Gasteiger partial charge < -0.3 is 20.1 Å². The van der Waals surface area contributed by atoms with Crippen molar-refractivity contribution in [3.63, 3.8) is 0 Å². The number of amides is 1. The third kappa shape index (κ3) is 6.26. The van der Waals surface area contributed by atoms with E-state index in [9.17, 15) is 4.79 Å². The molecule has 3 atom stereocenters. The topological polar surface area (TPSA) is 62.8 Å². The first-order chi connectivity index (χ1) is 9.18. The van der Waals surface area contributed by atoms with Crippen LogP contribution in [-0.2, 0) is 14.3 Å². The van der Waals surface area contributed by atoms with E-state index in [-0.39, 0.29) is 42.8 Å². The second-order valence-corrected chi connectivity index (χ2v) is 5.27. The van der Waals surface area contributed by atoms with Crippen LogP contribution < -0.4 is 10.6 Å². The molecule has 8 heteroatoms. The number of morpholine rings is 2. The van der Waals surface area contributed by atoms with Crippen LogP contribution in [0.25, 0.3) is 0 Å². The molecular formula is C13H27Cl2N3O3. The SMILES string of the molecule is CC(NC(=O)C1COCCN1)C(C)N1CCOCC1.Cl.Cl. The first-order valence-electron chi connectivity index (χ1n) is 7.12. The minimum atomic E-state index is -0.215. The van der Waals surface area contributed by atoms with Gasteiger partial charge in [-0.1, -0.05) is 0 Å². The lowest BCUT2D eigenvalue weighted by Gasteiger charge is -2.36. The van der Waals surface area contributed by atoms with E-state index < -0.39 is 0 Å². The van der Waals surface area contributed by atoms with E-state index in [2.05, 4.69) is 29.4 Å². The summed E-state index contributed by atoms with van der Waals surface area (Å²) in [7, 11) is 0. The zero-order valence-electron chi connectivity index (χ0n) is 12.7. The zero-order valence-corrected chi connectivity index (χ0v) is 14.3. The number of carbonyl (C=O) groups is 1. The minimum absolute atomic E-state index is 0. The number of carbonyl (C=O) groups excluding carboxylic acids is 1. The van der Waals surface area contributed by atoms with Crippen molar-refractivity contribution in [1.29, 1.82) is 0 Å². The van der Waals surface area contributed by atoms with Crippen LogP contribution in [0.5, 0.6) is 0 Å². The molecule has 1 amide bonds. The van der Waals surface area contributed by atoms with Crippen LogP contribution in [-0.4, -0.2) is 75.0 Å². The Morgan fingerprint density at radius 1 is 1.19 bits per heavy atom. The second-order valence-electron chi connectivity index (χ2n) is 5.27. The average molecular weight is 344 g/mol. The summed E-state index contributed by atoms with van der Waals surface area (Å²) in [6.07, 6.45) is 0. The first kappa shape index (κ1) is 20.9. The number of rotatable bonds is 4. The quantitative estimate of drug-likeness (QED) is 0.754. The van der Waals surface area contributed by atoms with Gasteiger partial charge in [-0.05, 0) is 13.8 Å². The molecule has 0 aromatic carbocycles. The van der Waals surface area contributed by atoms with E-state index in [1.807, 2.05) is 0 Å². The smallest absolute Gasteiger partial charge is 0.239 e. The first-order valence-corrected chi connectivity index (χ1v) is 7.12. The van der Waals surface area contributed by atoms with Crippen molar-refractivity contribution < 1.29 is 14.3 Å². The molecule has 126 valence electrons. The summed E-state index contributed by atoms with van der Waals surface area (Å²) < 4.78 is 10.7. The van der Waals surface area contributed by atoms with Crippen molar-refractivity contribution in [2.24, 2.45) is 0 Å². The fraction of sp³-hybridized carbons (Fsp3) is 0.923. The van der Waals surface area contributed by atoms with E-state index in [0.717, 1.165) is 32.8 Å². The molecule has 2 N–H and O–H groups in total. The molecule has 0 saturated carbocycles. The molecule has 3 unspecified atom stereocenters. The van der Waals surface area contributed by atoms with Crippen LogP contribution in [0.15, 0.2) is 0 Å². The minimum Gasteiger partial charge on any atom is -0.379 e. The highest BCUT2D eigenvalue weighted by Crippen LogP contribution is 2.08. The van der Waals surface area contributed by atoms with Crippen molar-refractivity contribution in [1.82, 2.24) is 15.5 Å². The molecule has 0 aromatic heterocycles. The average Bonchev–Trinajstić information content (AvgIpc) is 2.48. The normalized spacial score (nSPS) is 25.9. The van der Waals surface area contributed by atoms with E-state index in [4.69, 9.17) is 9.47 Å². The monoisotopic (exact) mass is 343 g/mol. The zero-order chi connectivity index (χ0) is 13.7. The maximum atomic E-state index is 12.1. The standard InChI is InChI=1S/C13H25N3O3.2ClH/c1-10(11(2)16-4-7-18-8-5-16)15-13(17)12-9-19-6-3-14-12;;/h10-12,14H,3-9H2,1-2H3,(H,15,17);2*1H. The number of nitrogens with zero attached hydrogens (tertiary/aromatic N) is 1. The molecule has 21 heavy (non-hydrogen) atoms. The van der Waals surface area contributed by atoms with E-state index in [1.165, 1.54) is 0 Å². The Morgan fingerprint density at radius 3 is 2.43 bits per heavy atom. The largest absolute Gasteiger partial charge is 0.379 e. The summed E-state index contributed by atoms with van der Waals surface area (Å²) in [5.41, 5.74) is 0. The highest BCUT2D eigenvalue weighted by Gasteiger charge is 2.27. The number of halogens is 2. The van der Waals surface area contributed by atoms with Crippen LogP contribution in [0.2, 0.25) is 0 Å². The molecular weight excluding hydrogens is 317 g/mol. The molecule has 2 fully saturated rings. The Labute approximate surface area is 139 Å². The lowest BCUT2D eigenvalue weighted by atomic mass is 10.1. The van der Waals surface area contributed by atoms with Crippen molar-refractivity contribution in [3.05, 3.63) is 0 Å².